The lowest BCUT2D eigenvalue weighted by Gasteiger charge is -2.13. The van der Waals surface area contributed by atoms with Gasteiger partial charge in [-0.15, -0.1) is 0 Å². The summed E-state index contributed by atoms with van der Waals surface area (Å²) < 4.78 is 5.62. The number of ether oxygens (including phenoxy) is 1. The molecule has 1 unspecified atom stereocenters. The molecule has 0 aromatic heterocycles. The molecular formula is C12H16ClNO. The third kappa shape index (κ3) is 3.57. The molecule has 0 saturated carbocycles. The van der Waals surface area contributed by atoms with Crippen LogP contribution in [-0.2, 0) is 0 Å². The van der Waals surface area contributed by atoms with Crippen molar-refractivity contribution in [2.24, 2.45) is 5.73 Å². The molecule has 0 amide bonds. The summed E-state index contributed by atoms with van der Waals surface area (Å²) in [5, 5.41) is 0. The van der Waals surface area contributed by atoms with Gasteiger partial charge < -0.3 is 10.5 Å². The maximum atomic E-state index is 5.83. The van der Waals surface area contributed by atoms with E-state index in [-0.39, 0.29) is 6.04 Å². The molecule has 1 aromatic carbocycles. The summed E-state index contributed by atoms with van der Waals surface area (Å²) in [6, 6.07) is 7.75. The van der Waals surface area contributed by atoms with Crippen LogP contribution in [0.5, 0.6) is 5.75 Å². The zero-order chi connectivity index (χ0) is 11.3. The first-order valence-corrected chi connectivity index (χ1v) is 5.32. The Morgan fingerprint density at radius 2 is 2.20 bits per heavy atom. The van der Waals surface area contributed by atoms with Gasteiger partial charge in [0, 0.05) is 17.1 Å². The summed E-state index contributed by atoms with van der Waals surface area (Å²) in [6.07, 6.45) is 0. The minimum Gasteiger partial charge on any atom is -0.489 e. The van der Waals surface area contributed by atoms with Gasteiger partial charge in [-0.25, -0.2) is 0 Å². The van der Waals surface area contributed by atoms with E-state index in [0.717, 1.165) is 16.9 Å². The summed E-state index contributed by atoms with van der Waals surface area (Å²) in [6.45, 7) is 4.35. The second-order valence-electron chi connectivity index (χ2n) is 3.57. The molecule has 2 nitrogen and oxygen atoms in total. The van der Waals surface area contributed by atoms with E-state index in [0.29, 0.717) is 6.61 Å². The summed E-state index contributed by atoms with van der Waals surface area (Å²) in [4.78, 5) is 0. The Kier molecular flexibility index (Phi) is 4.66. The lowest BCUT2D eigenvalue weighted by atomic mass is 10.1. The normalized spacial score (nSPS) is 13.7. The van der Waals surface area contributed by atoms with Crippen molar-refractivity contribution in [3.63, 3.8) is 0 Å². The van der Waals surface area contributed by atoms with Crippen molar-refractivity contribution in [1.29, 1.82) is 0 Å². The van der Waals surface area contributed by atoms with Gasteiger partial charge in [0.15, 0.2) is 0 Å². The summed E-state index contributed by atoms with van der Waals surface area (Å²) in [7, 11) is 0. The third-order valence-corrected chi connectivity index (χ3v) is 2.42. The van der Waals surface area contributed by atoms with Gasteiger partial charge in [0.2, 0.25) is 0 Å². The zero-order valence-electron chi connectivity index (χ0n) is 9.03. The Labute approximate surface area is 95.7 Å². The van der Waals surface area contributed by atoms with Crippen molar-refractivity contribution in [3.8, 4) is 5.75 Å². The van der Waals surface area contributed by atoms with Crippen molar-refractivity contribution in [2.45, 2.75) is 19.9 Å². The van der Waals surface area contributed by atoms with E-state index in [1.54, 1.807) is 0 Å². The maximum absolute atomic E-state index is 5.83. The number of hydrogen-bond donors (Lipinski definition) is 1. The Morgan fingerprint density at radius 3 is 2.80 bits per heavy atom. The van der Waals surface area contributed by atoms with Crippen LogP contribution in [0.2, 0.25) is 0 Å². The van der Waals surface area contributed by atoms with Crippen LogP contribution in [0.1, 0.15) is 25.5 Å². The molecule has 2 N–H and O–H groups in total. The highest BCUT2D eigenvalue weighted by Gasteiger charge is 2.06. The number of rotatable bonds is 4. The Balaban J connectivity index is 2.76. The molecule has 0 radical (unpaired) electrons. The molecule has 82 valence electrons. The second-order valence-corrected chi connectivity index (χ2v) is 3.79. The van der Waals surface area contributed by atoms with Gasteiger partial charge >= 0.3 is 0 Å². The Hall–Kier alpha value is -0.990. The third-order valence-electron chi connectivity index (χ3n) is 2.05. The SMILES string of the molecule is C/C(=C\Cl)COc1ccccc1C(C)N. The van der Waals surface area contributed by atoms with E-state index in [1.165, 1.54) is 5.54 Å². The highest BCUT2D eigenvalue weighted by molar-refractivity contribution is 6.25. The topological polar surface area (TPSA) is 35.2 Å². The molecule has 0 heterocycles. The highest BCUT2D eigenvalue weighted by Crippen LogP contribution is 2.23. The van der Waals surface area contributed by atoms with Crippen LogP contribution in [0.25, 0.3) is 0 Å². The fourth-order valence-electron chi connectivity index (χ4n) is 1.21. The van der Waals surface area contributed by atoms with E-state index < -0.39 is 0 Å². The number of halogens is 1. The minimum atomic E-state index is -0.0264. The summed E-state index contributed by atoms with van der Waals surface area (Å²) in [5.41, 5.74) is 9.35. The van der Waals surface area contributed by atoms with Gasteiger partial charge in [-0.3, -0.25) is 0 Å². The van der Waals surface area contributed by atoms with Gasteiger partial charge in [-0.05, 0) is 25.5 Å². The van der Waals surface area contributed by atoms with E-state index in [1.807, 2.05) is 38.1 Å². The van der Waals surface area contributed by atoms with Crippen molar-refractivity contribution in [2.75, 3.05) is 6.61 Å². The monoisotopic (exact) mass is 225 g/mol. The molecule has 0 saturated heterocycles. The van der Waals surface area contributed by atoms with Gasteiger partial charge in [-0.1, -0.05) is 29.8 Å². The lowest BCUT2D eigenvalue weighted by molar-refractivity contribution is 0.346. The molecule has 3 heteroatoms. The molecule has 0 fully saturated rings. The van der Waals surface area contributed by atoms with Gasteiger partial charge in [0.1, 0.15) is 12.4 Å². The Morgan fingerprint density at radius 1 is 1.53 bits per heavy atom. The summed E-state index contributed by atoms with van der Waals surface area (Å²) in [5.74, 6) is 0.824. The van der Waals surface area contributed by atoms with E-state index in [4.69, 9.17) is 22.1 Å². The largest absolute Gasteiger partial charge is 0.489 e. The van der Waals surface area contributed by atoms with Gasteiger partial charge in [0.05, 0.1) is 0 Å². The highest BCUT2D eigenvalue weighted by atomic mass is 35.5. The van der Waals surface area contributed by atoms with Crippen molar-refractivity contribution < 1.29 is 4.74 Å². The van der Waals surface area contributed by atoms with Crippen molar-refractivity contribution in [3.05, 3.63) is 40.9 Å². The smallest absolute Gasteiger partial charge is 0.124 e. The summed E-state index contributed by atoms with van der Waals surface area (Å²) >= 11 is 5.55. The van der Waals surface area contributed by atoms with Crippen LogP contribution in [0.3, 0.4) is 0 Å². The fourth-order valence-corrected chi connectivity index (χ4v) is 1.27. The van der Waals surface area contributed by atoms with Crippen LogP contribution in [-0.4, -0.2) is 6.61 Å². The number of hydrogen-bond acceptors (Lipinski definition) is 2. The molecule has 1 rings (SSSR count). The quantitative estimate of drug-likeness (QED) is 0.854. The minimum absolute atomic E-state index is 0.0264. The predicted octanol–water partition coefficient (Wildman–Crippen LogP) is 3.23. The van der Waals surface area contributed by atoms with Crippen LogP contribution < -0.4 is 10.5 Å². The first-order chi connectivity index (χ1) is 7.15. The number of benzene rings is 1. The van der Waals surface area contributed by atoms with Crippen LogP contribution in [0.4, 0.5) is 0 Å². The molecule has 0 bridgehead atoms. The van der Waals surface area contributed by atoms with Gasteiger partial charge in [0.25, 0.3) is 0 Å². The second kappa shape index (κ2) is 5.79. The first kappa shape index (κ1) is 12.1. The number of para-hydroxylation sites is 1. The van der Waals surface area contributed by atoms with Crippen molar-refractivity contribution in [1.82, 2.24) is 0 Å². The molecule has 0 aliphatic carbocycles. The molecule has 1 atom stereocenters. The molecular weight excluding hydrogens is 210 g/mol. The predicted molar refractivity (Wildman–Crippen MR) is 64.1 cm³/mol. The van der Waals surface area contributed by atoms with E-state index >= 15 is 0 Å². The van der Waals surface area contributed by atoms with Crippen LogP contribution in [0, 0.1) is 0 Å². The average Bonchev–Trinajstić information content (AvgIpc) is 2.26. The molecule has 0 spiro atoms. The van der Waals surface area contributed by atoms with Crippen LogP contribution in [0.15, 0.2) is 35.4 Å². The Bertz CT molecular complexity index is 347. The maximum Gasteiger partial charge on any atom is 0.124 e. The fraction of sp³-hybridized carbons (Fsp3) is 0.333. The van der Waals surface area contributed by atoms with Crippen molar-refractivity contribution >= 4 is 11.6 Å². The first-order valence-electron chi connectivity index (χ1n) is 4.88. The standard InChI is InChI=1S/C12H16ClNO/c1-9(7-13)8-15-12-6-4-3-5-11(12)10(2)14/h3-7,10H,8,14H2,1-2H3/b9-7+. The molecule has 0 aliphatic rings. The lowest BCUT2D eigenvalue weighted by Crippen LogP contribution is -2.08. The van der Waals surface area contributed by atoms with E-state index in [2.05, 4.69) is 0 Å². The van der Waals surface area contributed by atoms with Gasteiger partial charge in [-0.2, -0.15) is 0 Å². The molecule has 1 aromatic rings. The molecule has 15 heavy (non-hydrogen) atoms. The number of nitrogens with two attached hydrogens (primary N) is 1. The van der Waals surface area contributed by atoms with Crippen LogP contribution >= 0.6 is 11.6 Å². The average molecular weight is 226 g/mol. The molecule has 0 aliphatic heterocycles. The van der Waals surface area contributed by atoms with E-state index in [9.17, 15) is 0 Å². The zero-order valence-corrected chi connectivity index (χ0v) is 9.79.